The molecule has 1 aromatic rings. The second kappa shape index (κ2) is 7.50. The lowest BCUT2D eigenvalue weighted by Crippen LogP contribution is -2.62. The van der Waals surface area contributed by atoms with Gasteiger partial charge in [0.2, 0.25) is 0 Å². The van der Waals surface area contributed by atoms with Crippen molar-refractivity contribution < 1.29 is 17.8 Å². The summed E-state index contributed by atoms with van der Waals surface area (Å²) < 4.78 is 32.0. The molecule has 1 heterocycles. The first kappa shape index (κ1) is 21.2. The maximum atomic E-state index is 13.5. The lowest BCUT2D eigenvalue weighted by molar-refractivity contribution is 0.0910. The fourth-order valence-electron chi connectivity index (χ4n) is 3.37. The van der Waals surface area contributed by atoms with E-state index in [4.69, 9.17) is 0 Å². The van der Waals surface area contributed by atoms with Gasteiger partial charge in [-0.15, -0.1) is 0 Å². The van der Waals surface area contributed by atoms with E-state index in [-0.39, 0.29) is 18.0 Å². The van der Waals surface area contributed by atoms with Crippen molar-refractivity contribution in [2.45, 2.75) is 43.9 Å². The normalized spacial score (nSPS) is 21.4. The lowest BCUT2D eigenvalue weighted by atomic mass is 10.1. The van der Waals surface area contributed by atoms with Crippen molar-refractivity contribution in [1.29, 1.82) is 0 Å². The zero-order chi connectivity index (χ0) is 19.8. The first-order chi connectivity index (χ1) is 11.9. The van der Waals surface area contributed by atoms with E-state index >= 15 is 0 Å². The molecule has 0 aromatic heterocycles. The number of allylic oxidation sites excluding steroid dienone is 2. The summed E-state index contributed by atoms with van der Waals surface area (Å²) in [5.74, 6) is -0.281. The molecule has 0 aliphatic carbocycles. The summed E-state index contributed by atoms with van der Waals surface area (Å²) in [7, 11) is -4.30. The van der Waals surface area contributed by atoms with E-state index in [0.29, 0.717) is 12.0 Å². The third-order valence-corrected chi connectivity index (χ3v) is 11.8. The highest BCUT2D eigenvalue weighted by atomic mass is 32.2. The number of hydrogen-bond acceptors (Lipinski definition) is 6. The van der Waals surface area contributed by atoms with Gasteiger partial charge in [0.1, 0.15) is 4.49 Å². The van der Waals surface area contributed by atoms with E-state index in [1.54, 1.807) is 11.8 Å². The summed E-state index contributed by atoms with van der Waals surface area (Å²) in [6.45, 7) is 8.50. The second-order valence-electron chi connectivity index (χ2n) is 7.62. The van der Waals surface area contributed by atoms with E-state index < -0.39 is 22.7 Å². The van der Waals surface area contributed by atoms with Crippen molar-refractivity contribution in [2.75, 3.05) is 12.8 Å². The van der Waals surface area contributed by atoms with Crippen LogP contribution < -0.4 is 0 Å². The molecular formula is C18H26NO4S2Si-. The van der Waals surface area contributed by atoms with Crippen LogP contribution in [0.3, 0.4) is 0 Å². The van der Waals surface area contributed by atoms with E-state index in [1.165, 1.54) is 0 Å². The van der Waals surface area contributed by atoms with Gasteiger partial charge in [-0.2, -0.15) is 0 Å². The standard InChI is InChI=1S/C18H27NO4S2Si/c1-14-16(12-9-13-25(21,22)23)24-18(19(14)2,26(3,4)5)17(20)15-10-7-6-8-11-15/h6-8,10-11H,9,12-13H2,1-5H3,(H,21,22,23)/p-1. The largest absolute Gasteiger partial charge is 0.748 e. The first-order valence-corrected chi connectivity index (χ1v) is 14.5. The first-order valence-electron chi connectivity index (χ1n) is 8.56. The van der Waals surface area contributed by atoms with E-state index in [9.17, 15) is 17.8 Å². The Morgan fingerprint density at radius 2 is 1.81 bits per heavy atom. The number of ketones is 1. The minimum absolute atomic E-state index is 0.0931. The molecule has 1 aliphatic rings. The molecule has 5 nitrogen and oxygen atoms in total. The molecule has 0 fully saturated rings. The number of benzene rings is 1. The summed E-state index contributed by atoms with van der Waals surface area (Å²) >= 11 is 1.56. The summed E-state index contributed by atoms with van der Waals surface area (Å²) in [6, 6.07) is 9.31. The molecule has 0 N–H and O–H groups in total. The summed E-state index contributed by atoms with van der Waals surface area (Å²) in [5.41, 5.74) is 1.68. The smallest absolute Gasteiger partial charge is 0.195 e. The number of likely N-dealkylation sites (N-methyl/N-ethyl adjacent to an activating group) is 1. The number of nitrogens with zero attached hydrogens (tertiary/aromatic N) is 1. The average molecular weight is 413 g/mol. The van der Waals surface area contributed by atoms with Crippen LogP contribution in [0.1, 0.15) is 30.1 Å². The van der Waals surface area contributed by atoms with E-state index in [2.05, 4.69) is 24.5 Å². The maximum absolute atomic E-state index is 13.5. The van der Waals surface area contributed by atoms with Gasteiger partial charge in [0.25, 0.3) is 0 Å². The predicted octanol–water partition coefficient (Wildman–Crippen LogP) is 3.68. The summed E-state index contributed by atoms with van der Waals surface area (Å²) in [5, 5.41) is 0. The molecule has 0 saturated carbocycles. The van der Waals surface area contributed by atoms with Gasteiger partial charge in [-0.1, -0.05) is 61.7 Å². The lowest BCUT2D eigenvalue weighted by Gasteiger charge is -2.45. The minimum atomic E-state index is -4.22. The number of thioether (sulfide) groups is 1. The molecule has 0 radical (unpaired) electrons. The zero-order valence-corrected chi connectivity index (χ0v) is 18.5. The molecular weight excluding hydrogens is 386 g/mol. The van der Waals surface area contributed by atoms with Crippen molar-refractivity contribution in [2.24, 2.45) is 0 Å². The van der Waals surface area contributed by atoms with Crippen LogP contribution in [0, 0.1) is 0 Å². The van der Waals surface area contributed by atoms with Gasteiger partial charge in [0, 0.05) is 29.0 Å². The van der Waals surface area contributed by atoms with Crippen molar-refractivity contribution in [3.8, 4) is 0 Å². The Bertz CT molecular complexity index is 815. The molecule has 1 aromatic carbocycles. The van der Waals surface area contributed by atoms with Crippen LogP contribution in [0.4, 0.5) is 0 Å². The third kappa shape index (κ3) is 4.08. The van der Waals surface area contributed by atoms with Crippen LogP contribution >= 0.6 is 11.8 Å². The van der Waals surface area contributed by atoms with Crippen LogP contribution in [0.2, 0.25) is 19.6 Å². The van der Waals surface area contributed by atoms with E-state index in [1.807, 2.05) is 44.3 Å². The Balaban J connectivity index is 2.36. The SMILES string of the molecule is CC1=C(CCCS(=O)(=O)[O-])SC(C(=O)c2ccccc2)([Si](C)(C)C)N1C. The van der Waals surface area contributed by atoms with Gasteiger partial charge in [-0.25, -0.2) is 8.42 Å². The summed E-state index contributed by atoms with van der Waals surface area (Å²) in [6.07, 6.45) is 0.775. The van der Waals surface area contributed by atoms with Gasteiger partial charge >= 0.3 is 0 Å². The van der Waals surface area contributed by atoms with Gasteiger partial charge in [-0.05, 0) is 19.8 Å². The Kier molecular flexibility index (Phi) is 6.12. The number of carbonyl (C=O) groups excluding carboxylic acids is 1. The quantitative estimate of drug-likeness (QED) is 0.386. The Labute approximate surface area is 161 Å². The highest BCUT2D eigenvalue weighted by molar-refractivity contribution is 8.07. The highest BCUT2D eigenvalue weighted by Crippen LogP contribution is 2.53. The third-order valence-electron chi connectivity index (χ3n) is 4.81. The zero-order valence-electron chi connectivity index (χ0n) is 15.9. The van der Waals surface area contributed by atoms with E-state index in [0.717, 1.165) is 10.6 Å². The highest BCUT2D eigenvalue weighted by Gasteiger charge is 2.57. The fourth-order valence-corrected chi connectivity index (χ4v) is 8.83. The maximum Gasteiger partial charge on any atom is 0.195 e. The van der Waals surface area contributed by atoms with Crippen LogP contribution in [-0.2, 0) is 10.1 Å². The molecule has 26 heavy (non-hydrogen) atoms. The van der Waals surface area contributed by atoms with Gasteiger partial charge in [0.15, 0.2) is 5.78 Å². The molecule has 2 rings (SSSR count). The molecule has 0 spiro atoms. The molecule has 0 bridgehead atoms. The molecule has 1 unspecified atom stereocenters. The van der Waals surface area contributed by atoms with Crippen molar-refractivity contribution in [3.63, 3.8) is 0 Å². The van der Waals surface area contributed by atoms with Gasteiger partial charge < -0.3 is 9.45 Å². The Morgan fingerprint density at radius 3 is 2.31 bits per heavy atom. The Hall–Kier alpha value is -1.09. The van der Waals surface area contributed by atoms with Crippen molar-refractivity contribution >= 4 is 35.7 Å². The number of Topliss-reactive ketones (excluding diaryl/α,β-unsaturated/α-hetero) is 1. The minimum Gasteiger partial charge on any atom is -0.748 e. The number of hydrogen-bond donors (Lipinski definition) is 0. The second-order valence-corrected chi connectivity index (χ2v) is 16.0. The van der Waals surface area contributed by atoms with Crippen LogP contribution in [0.5, 0.6) is 0 Å². The summed E-state index contributed by atoms with van der Waals surface area (Å²) in [4.78, 5) is 16.6. The average Bonchev–Trinajstić information content (AvgIpc) is 2.79. The van der Waals surface area contributed by atoms with Crippen LogP contribution in [0.25, 0.3) is 0 Å². The van der Waals surface area contributed by atoms with Crippen molar-refractivity contribution in [1.82, 2.24) is 4.90 Å². The van der Waals surface area contributed by atoms with Crippen LogP contribution in [0.15, 0.2) is 40.9 Å². The van der Waals surface area contributed by atoms with Gasteiger partial charge in [0.05, 0.1) is 18.2 Å². The molecule has 1 atom stereocenters. The van der Waals surface area contributed by atoms with Gasteiger partial charge in [-0.3, -0.25) is 4.79 Å². The monoisotopic (exact) mass is 412 g/mol. The van der Waals surface area contributed by atoms with Crippen LogP contribution in [-0.4, -0.2) is 49.0 Å². The molecule has 0 amide bonds. The number of carbonyl (C=O) groups is 1. The molecule has 1 aliphatic heterocycles. The molecule has 144 valence electrons. The Morgan fingerprint density at radius 1 is 1.23 bits per heavy atom. The topological polar surface area (TPSA) is 77.5 Å². The molecule has 0 saturated heterocycles. The predicted molar refractivity (Wildman–Crippen MR) is 109 cm³/mol. The van der Waals surface area contributed by atoms with Crippen molar-refractivity contribution in [3.05, 3.63) is 46.5 Å². The molecule has 8 heteroatoms. The number of rotatable bonds is 7. The fraction of sp³-hybridized carbons (Fsp3) is 0.500.